The van der Waals surface area contributed by atoms with Gasteiger partial charge in [0.05, 0.1) is 19.4 Å². The molecule has 0 bridgehead atoms. The summed E-state index contributed by atoms with van der Waals surface area (Å²) in [6.07, 6.45) is 3.35. The van der Waals surface area contributed by atoms with Crippen LogP contribution in [0.2, 0.25) is 0 Å². The van der Waals surface area contributed by atoms with E-state index in [4.69, 9.17) is 9.26 Å². The smallest absolute Gasteiger partial charge is 0.292 e. The average molecular weight is 359 g/mol. The number of carbonyl (C=O) groups excluding carboxylic acids is 1. The van der Waals surface area contributed by atoms with E-state index < -0.39 is 0 Å². The molecule has 1 aromatic carbocycles. The van der Waals surface area contributed by atoms with Gasteiger partial charge in [-0.15, -0.1) is 0 Å². The largest absolute Gasteiger partial charge is 0.379 e. The molecule has 0 radical (unpaired) electrons. The van der Waals surface area contributed by atoms with E-state index in [0.29, 0.717) is 32.8 Å². The minimum absolute atomic E-state index is 0.136. The molecule has 2 aliphatic rings. The van der Waals surface area contributed by atoms with Gasteiger partial charge in [-0.05, 0) is 31.0 Å². The molecule has 1 aromatic heterocycles. The molecule has 1 spiro atoms. The molecule has 4 rings (SSSR count). The number of amides is 1. The highest BCUT2D eigenvalue weighted by Crippen LogP contribution is 2.35. The van der Waals surface area contributed by atoms with Crippen LogP contribution in [0, 0.1) is 11.2 Å². The monoisotopic (exact) mass is 359 g/mol. The molecule has 0 aliphatic carbocycles. The van der Waals surface area contributed by atoms with Crippen molar-refractivity contribution in [1.29, 1.82) is 0 Å². The fourth-order valence-electron chi connectivity index (χ4n) is 4.00. The van der Waals surface area contributed by atoms with Gasteiger partial charge in [-0.3, -0.25) is 4.79 Å². The number of carbonyl (C=O) groups is 1. The van der Waals surface area contributed by atoms with E-state index in [1.807, 2.05) is 11.0 Å². The summed E-state index contributed by atoms with van der Waals surface area (Å²) in [6, 6.07) is 8.24. The van der Waals surface area contributed by atoms with Gasteiger partial charge < -0.3 is 19.1 Å². The van der Waals surface area contributed by atoms with Crippen LogP contribution in [-0.4, -0.2) is 55.4 Å². The number of hydrogen-bond acceptors (Lipinski definition) is 5. The number of benzene rings is 1. The third-order valence-corrected chi connectivity index (χ3v) is 5.21. The number of ether oxygens (including phenoxy) is 1. The molecule has 1 amide bonds. The van der Waals surface area contributed by atoms with Crippen LogP contribution in [0.3, 0.4) is 0 Å². The lowest BCUT2D eigenvalue weighted by atomic mass is 9.80. The van der Waals surface area contributed by atoms with E-state index >= 15 is 0 Å². The van der Waals surface area contributed by atoms with Gasteiger partial charge in [0, 0.05) is 43.3 Å². The summed E-state index contributed by atoms with van der Waals surface area (Å²) in [4.78, 5) is 16.6. The van der Waals surface area contributed by atoms with Crippen LogP contribution >= 0.6 is 0 Å². The Morgan fingerprint density at radius 2 is 2.15 bits per heavy atom. The average Bonchev–Trinajstić information content (AvgIpc) is 3.11. The van der Waals surface area contributed by atoms with Gasteiger partial charge in [0.1, 0.15) is 5.82 Å². The molecule has 6 nitrogen and oxygen atoms in total. The maximum absolute atomic E-state index is 13.7. The molecule has 26 heavy (non-hydrogen) atoms. The summed E-state index contributed by atoms with van der Waals surface area (Å²) in [7, 11) is 0. The van der Waals surface area contributed by atoms with Crippen LogP contribution in [0.1, 0.15) is 23.4 Å². The third-order valence-electron chi connectivity index (χ3n) is 5.21. The Morgan fingerprint density at radius 1 is 1.23 bits per heavy atom. The molecule has 0 unspecified atom stereocenters. The van der Waals surface area contributed by atoms with Crippen LogP contribution in [0.15, 0.2) is 41.1 Å². The van der Waals surface area contributed by atoms with E-state index in [2.05, 4.69) is 10.1 Å². The van der Waals surface area contributed by atoms with Crippen LogP contribution in [0.4, 0.5) is 10.1 Å². The van der Waals surface area contributed by atoms with Gasteiger partial charge in [-0.2, -0.15) is 0 Å². The van der Waals surface area contributed by atoms with Crippen LogP contribution in [0.25, 0.3) is 0 Å². The summed E-state index contributed by atoms with van der Waals surface area (Å²) < 4.78 is 24.6. The minimum Gasteiger partial charge on any atom is -0.379 e. The maximum Gasteiger partial charge on any atom is 0.292 e. The highest BCUT2D eigenvalue weighted by atomic mass is 19.1. The Morgan fingerprint density at radius 3 is 2.96 bits per heavy atom. The van der Waals surface area contributed by atoms with Crippen LogP contribution in [-0.2, 0) is 4.74 Å². The fourth-order valence-corrected chi connectivity index (χ4v) is 4.00. The van der Waals surface area contributed by atoms with E-state index in [1.165, 1.54) is 12.3 Å². The number of piperidine rings is 1. The molecule has 138 valence electrons. The molecule has 3 heterocycles. The zero-order chi connectivity index (χ0) is 18.0. The second-order valence-corrected chi connectivity index (χ2v) is 7.16. The molecule has 2 aliphatic heterocycles. The fraction of sp³-hybridized carbons (Fsp3) is 0.474. The predicted molar refractivity (Wildman–Crippen MR) is 93.5 cm³/mol. The third kappa shape index (κ3) is 3.44. The van der Waals surface area contributed by atoms with Crippen LogP contribution < -0.4 is 4.90 Å². The first-order valence-corrected chi connectivity index (χ1v) is 8.94. The van der Waals surface area contributed by atoms with Crippen molar-refractivity contribution in [2.75, 3.05) is 44.3 Å². The van der Waals surface area contributed by atoms with Gasteiger partial charge >= 0.3 is 0 Å². The SMILES string of the molecule is O=C(c1ccno1)N1CCC[C@]2(COCCN(c3cccc(F)c3)C2)C1. The number of aromatic nitrogens is 1. The first-order valence-electron chi connectivity index (χ1n) is 8.94. The zero-order valence-corrected chi connectivity index (χ0v) is 14.6. The number of anilines is 1. The quantitative estimate of drug-likeness (QED) is 0.825. The molecule has 2 saturated heterocycles. The van der Waals surface area contributed by atoms with Crippen molar-refractivity contribution < 1.29 is 18.4 Å². The van der Waals surface area contributed by atoms with Crippen molar-refractivity contribution in [3.05, 3.63) is 48.1 Å². The van der Waals surface area contributed by atoms with Gasteiger partial charge in [-0.25, -0.2) is 4.39 Å². The number of rotatable bonds is 2. The minimum atomic E-state index is -0.243. The number of hydrogen-bond donors (Lipinski definition) is 0. The van der Waals surface area contributed by atoms with E-state index in [9.17, 15) is 9.18 Å². The summed E-state index contributed by atoms with van der Waals surface area (Å²) in [5, 5.41) is 3.63. The number of nitrogens with zero attached hydrogens (tertiary/aromatic N) is 3. The molecular weight excluding hydrogens is 337 g/mol. The summed E-state index contributed by atoms with van der Waals surface area (Å²) >= 11 is 0. The lowest BCUT2D eigenvalue weighted by Gasteiger charge is -2.43. The van der Waals surface area contributed by atoms with E-state index in [-0.39, 0.29) is 22.9 Å². The molecule has 1 atom stereocenters. The molecule has 7 heteroatoms. The second kappa shape index (κ2) is 7.07. The maximum atomic E-state index is 13.7. The van der Waals surface area contributed by atoms with E-state index in [1.54, 1.807) is 18.2 Å². The van der Waals surface area contributed by atoms with Gasteiger partial charge in [0.25, 0.3) is 5.91 Å². The Hall–Kier alpha value is -2.41. The molecule has 2 fully saturated rings. The van der Waals surface area contributed by atoms with Crippen molar-refractivity contribution in [1.82, 2.24) is 10.1 Å². The lowest BCUT2D eigenvalue weighted by molar-refractivity contribution is 0.0119. The zero-order valence-electron chi connectivity index (χ0n) is 14.6. The van der Waals surface area contributed by atoms with Gasteiger partial charge in [-0.1, -0.05) is 11.2 Å². The Kier molecular flexibility index (Phi) is 4.63. The summed E-state index contributed by atoms with van der Waals surface area (Å²) in [5.74, 6) is -0.116. The van der Waals surface area contributed by atoms with Crippen molar-refractivity contribution in [3.63, 3.8) is 0 Å². The van der Waals surface area contributed by atoms with Crippen molar-refractivity contribution in [3.8, 4) is 0 Å². The Labute approximate surface area is 151 Å². The van der Waals surface area contributed by atoms with Gasteiger partial charge in [0.15, 0.2) is 0 Å². The highest BCUT2D eigenvalue weighted by molar-refractivity contribution is 5.91. The first kappa shape index (κ1) is 17.0. The molecule has 0 saturated carbocycles. The molecule has 0 N–H and O–H groups in total. The normalized spacial score (nSPS) is 23.9. The van der Waals surface area contributed by atoms with Crippen molar-refractivity contribution >= 4 is 11.6 Å². The topological polar surface area (TPSA) is 58.8 Å². The summed E-state index contributed by atoms with van der Waals surface area (Å²) in [5.41, 5.74) is 0.685. The molecule has 2 aromatic rings. The Balaban J connectivity index is 1.54. The predicted octanol–water partition coefficient (Wildman–Crippen LogP) is 2.57. The van der Waals surface area contributed by atoms with Crippen LogP contribution in [0.5, 0.6) is 0 Å². The van der Waals surface area contributed by atoms with Crippen molar-refractivity contribution in [2.24, 2.45) is 5.41 Å². The molecular formula is C19H22FN3O3. The standard InChI is InChI=1S/C19H22FN3O3/c20-15-3-1-4-16(11-15)22-9-10-25-14-19(12-22)6-2-8-23(13-19)18(24)17-5-7-21-26-17/h1,3-5,7,11H,2,6,8-10,12-14H2/t19-/m1/s1. The second-order valence-electron chi connectivity index (χ2n) is 7.16. The first-order chi connectivity index (χ1) is 12.7. The van der Waals surface area contributed by atoms with Crippen molar-refractivity contribution in [2.45, 2.75) is 12.8 Å². The Bertz CT molecular complexity index is 767. The summed E-state index contributed by atoms with van der Waals surface area (Å²) in [6.45, 7) is 3.92. The lowest BCUT2D eigenvalue weighted by Crippen LogP contribution is -2.52. The number of likely N-dealkylation sites (tertiary alicyclic amines) is 1. The number of halogens is 1. The van der Waals surface area contributed by atoms with E-state index in [0.717, 1.165) is 25.1 Å². The highest BCUT2D eigenvalue weighted by Gasteiger charge is 2.41. The van der Waals surface area contributed by atoms with Gasteiger partial charge in [0.2, 0.25) is 5.76 Å².